The molecule has 0 saturated carbocycles. The topological polar surface area (TPSA) is 47.8 Å². The van der Waals surface area contributed by atoms with Crippen LogP contribution in [0.5, 0.6) is 0 Å². The average Bonchev–Trinajstić information content (AvgIpc) is 2.12. The zero-order valence-corrected chi connectivity index (χ0v) is 11.9. The molecule has 0 atom stereocenters. The van der Waals surface area contributed by atoms with Crippen LogP contribution in [0.2, 0.25) is 0 Å². The number of para-hydroxylation sites is 1. The van der Waals surface area contributed by atoms with Gasteiger partial charge in [0.05, 0.1) is 0 Å². The Bertz CT molecular complexity index is 383. The maximum atomic E-state index is 8.36. The number of rotatable bonds is 1. The SMILES string of the molecule is Cc1cccc(C)c1NC(=S)NC#N.[H-].[Na+]. The first kappa shape index (κ1) is 14.4. The van der Waals surface area contributed by atoms with Crippen molar-refractivity contribution in [2.75, 3.05) is 5.32 Å². The number of hydrogen-bond acceptors (Lipinski definition) is 2. The molecule has 0 aliphatic rings. The summed E-state index contributed by atoms with van der Waals surface area (Å²) < 4.78 is 0. The van der Waals surface area contributed by atoms with Gasteiger partial charge in [0.15, 0.2) is 11.3 Å². The van der Waals surface area contributed by atoms with E-state index in [1.165, 1.54) is 0 Å². The van der Waals surface area contributed by atoms with Crippen molar-refractivity contribution in [3.8, 4) is 6.19 Å². The molecule has 2 N–H and O–H groups in total. The smallest absolute Gasteiger partial charge is 1.00 e. The van der Waals surface area contributed by atoms with Crippen molar-refractivity contribution in [3.05, 3.63) is 29.3 Å². The molecule has 15 heavy (non-hydrogen) atoms. The summed E-state index contributed by atoms with van der Waals surface area (Å²) in [5.41, 5.74) is 3.17. The van der Waals surface area contributed by atoms with Gasteiger partial charge in [-0.2, -0.15) is 5.26 Å². The summed E-state index contributed by atoms with van der Waals surface area (Å²) in [5, 5.41) is 14.0. The molecule has 0 radical (unpaired) electrons. The van der Waals surface area contributed by atoms with Crippen molar-refractivity contribution in [2.45, 2.75) is 13.8 Å². The molecule has 1 aromatic rings. The molecule has 1 rings (SSSR count). The molecule has 5 heteroatoms. The summed E-state index contributed by atoms with van der Waals surface area (Å²) in [4.78, 5) is 0. The van der Waals surface area contributed by atoms with E-state index in [0.717, 1.165) is 16.8 Å². The van der Waals surface area contributed by atoms with Gasteiger partial charge in [-0.3, -0.25) is 5.32 Å². The minimum atomic E-state index is 0. The Morgan fingerprint density at radius 1 is 1.40 bits per heavy atom. The van der Waals surface area contributed by atoms with Gasteiger partial charge in [-0.25, -0.2) is 0 Å². The van der Waals surface area contributed by atoms with E-state index in [1.807, 2.05) is 32.0 Å². The van der Waals surface area contributed by atoms with Gasteiger partial charge < -0.3 is 6.74 Å². The second kappa shape index (κ2) is 6.81. The van der Waals surface area contributed by atoms with Crippen LogP contribution in [0.3, 0.4) is 0 Å². The van der Waals surface area contributed by atoms with Gasteiger partial charge in [-0.15, -0.1) is 0 Å². The second-order valence-corrected chi connectivity index (χ2v) is 3.37. The summed E-state index contributed by atoms with van der Waals surface area (Å²) in [6.07, 6.45) is 1.77. The van der Waals surface area contributed by atoms with Crippen LogP contribution in [0.1, 0.15) is 12.6 Å². The molecule has 74 valence electrons. The summed E-state index contributed by atoms with van der Waals surface area (Å²) in [6, 6.07) is 5.96. The zero-order valence-electron chi connectivity index (χ0n) is 10.1. The standard InChI is InChI=1S/C10H11N3S.Na.H/c1-7-4-3-5-8(2)9(7)13-10(14)12-6-11;;/h3-5H,1-2H3,(H2,12,13,14);;/q;+1;-1. The molecule has 0 unspecified atom stereocenters. The van der Waals surface area contributed by atoms with Gasteiger partial charge in [0.25, 0.3) is 0 Å². The number of thiocarbonyl (C=S) groups is 1. The number of nitrogens with one attached hydrogen (secondary N) is 2. The third kappa shape index (κ3) is 4.18. The quantitative estimate of drug-likeness (QED) is 0.286. The molecule has 1 aromatic carbocycles. The number of anilines is 1. The van der Waals surface area contributed by atoms with Crippen LogP contribution in [-0.4, -0.2) is 5.11 Å². The molecule has 0 aliphatic carbocycles. The van der Waals surface area contributed by atoms with Crippen LogP contribution in [-0.2, 0) is 0 Å². The van der Waals surface area contributed by atoms with Crippen LogP contribution in [0.4, 0.5) is 5.69 Å². The first-order valence-corrected chi connectivity index (χ1v) is 4.58. The zero-order chi connectivity index (χ0) is 10.6. The minimum Gasteiger partial charge on any atom is -1.00 e. The van der Waals surface area contributed by atoms with Crippen molar-refractivity contribution < 1.29 is 31.0 Å². The molecule has 0 saturated heterocycles. The van der Waals surface area contributed by atoms with Gasteiger partial charge in [-0.1, -0.05) is 18.2 Å². The molecular weight excluding hydrogens is 217 g/mol. The van der Waals surface area contributed by atoms with E-state index in [-0.39, 0.29) is 31.0 Å². The first-order chi connectivity index (χ1) is 6.65. The van der Waals surface area contributed by atoms with Gasteiger partial charge in [0.2, 0.25) is 0 Å². The van der Waals surface area contributed by atoms with Crippen molar-refractivity contribution in [1.82, 2.24) is 5.32 Å². The van der Waals surface area contributed by atoms with Crippen molar-refractivity contribution in [2.24, 2.45) is 0 Å². The van der Waals surface area contributed by atoms with Crippen LogP contribution < -0.4 is 40.2 Å². The average molecular weight is 229 g/mol. The molecule has 0 amide bonds. The van der Waals surface area contributed by atoms with Crippen LogP contribution in [0.15, 0.2) is 18.2 Å². The normalized spacial score (nSPS) is 8.33. The summed E-state index contributed by atoms with van der Waals surface area (Å²) in [7, 11) is 0. The van der Waals surface area contributed by atoms with Crippen LogP contribution in [0.25, 0.3) is 0 Å². The number of nitrogens with zero attached hydrogens (tertiary/aromatic N) is 1. The number of aryl methyl sites for hydroxylation is 2. The number of hydrogen-bond donors (Lipinski definition) is 2. The molecule has 0 fully saturated rings. The van der Waals surface area contributed by atoms with Gasteiger partial charge >= 0.3 is 29.6 Å². The van der Waals surface area contributed by atoms with Gasteiger partial charge in [-0.05, 0) is 37.2 Å². The fourth-order valence-electron chi connectivity index (χ4n) is 1.21. The van der Waals surface area contributed by atoms with Crippen LogP contribution >= 0.6 is 12.2 Å². The van der Waals surface area contributed by atoms with Gasteiger partial charge in [0, 0.05) is 5.69 Å². The number of benzene rings is 1. The molecule has 0 aliphatic heterocycles. The van der Waals surface area contributed by atoms with Crippen molar-refractivity contribution in [1.29, 1.82) is 5.26 Å². The molecule has 0 heterocycles. The van der Waals surface area contributed by atoms with Gasteiger partial charge in [0.1, 0.15) is 0 Å². The molecule has 0 spiro atoms. The summed E-state index contributed by atoms with van der Waals surface area (Å²) >= 11 is 4.91. The largest absolute Gasteiger partial charge is 1.00 e. The van der Waals surface area contributed by atoms with E-state index in [2.05, 4.69) is 10.6 Å². The Morgan fingerprint density at radius 2 is 1.93 bits per heavy atom. The van der Waals surface area contributed by atoms with E-state index in [4.69, 9.17) is 17.5 Å². The maximum Gasteiger partial charge on any atom is 1.00 e. The summed E-state index contributed by atoms with van der Waals surface area (Å²) in [5.74, 6) is 0. The first-order valence-electron chi connectivity index (χ1n) is 4.17. The Morgan fingerprint density at radius 3 is 2.40 bits per heavy atom. The predicted molar refractivity (Wildman–Crippen MR) is 62.0 cm³/mol. The Labute approximate surface area is 119 Å². The fourth-order valence-corrected chi connectivity index (χ4v) is 1.35. The predicted octanol–water partition coefficient (Wildman–Crippen LogP) is -0.813. The summed E-state index contributed by atoms with van der Waals surface area (Å²) in [6.45, 7) is 3.98. The van der Waals surface area contributed by atoms with E-state index < -0.39 is 0 Å². The van der Waals surface area contributed by atoms with E-state index in [0.29, 0.717) is 5.11 Å². The third-order valence-electron chi connectivity index (χ3n) is 1.89. The van der Waals surface area contributed by atoms with E-state index in [9.17, 15) is 0 Å². The van der Waals surface area contributed by atoms with Crippen molar-refractivity contribution in [3.63, 3.8) is 0 Å². The Kier molecular flexibility index (Phi) is 6.53. The van der Waals surface area contributed by atoms with Crippen molar-refractivity contribution >= 4 is 23.0 Å². The van der Waals surface area contributed by atoms with E-state index in [1.54, 1.807) is 6.19 Å². The third-order valence-corrected chi connectivity index (χ3v) is 2.09. The minimum absolute atomic E-state index is 0. The number of nitriles is 1. The Balaban J connectivity index is 0. The molecule has 0 aromatic heterocycles. The maximum absolute atomic E-state index is 8.36. The Hall–Kier alpha value is -0.600. The second-order valence-electron chi connectivity index (χ2n) is 2.96. The van der Waals surface area contributed by atoms with Crippen LogP contribution in [0, 0.1) is 25.3 Å². The molecular formula is C10H12N3NaS. The molecule has 3 nitrogen and oxygen atoms in total. The molecule has 0 bridgehead atoms. The van der Waals surface area contributed by atoms with E-state index >= 15 is 0 Å². The monoisotopic (exact) mass is 229 g/mol. The fraction of sp³-hybridized carbons (Fsp3) is 0.200.